The summed E-state index contributed by atoms with van der Waals surface area (Å²) in [5, 5.41) is 3.10. The average molecular weight is 248 g/mol. The molecule has 2 aromatic heterocycles. The highest BCUT2D eigenvalue weighted by molar-refractivity contribution is 5.66. The second kappa shape index (κ2) is 5.35. The molecule has 0 aliphatic heterocycles. The number of aromatic nitrogens is 4. The van der Waals surface area contributed by atoms with Gasteiger partial charge in [-0.05, 0) is 13.8 Å². The van der Waals surface area contributed by atoms with Crippen LogP contribution in [0.3, 0.4) is 0 Å². The summed E-state index contributed by atoms with van der Waals surface area (Å²) in [5.74, 6) is 0.947. The summed E-state index contributed by atoms with van der Waals surface area (Å²) in [6, 6.07) is 0. The number of anilines is 2. The Kier molecular flexibility index (Phi) is 3.61. The Hall–Kier alpha value is -2.31. The smallest absolute Gasteiger partial charge is 0.242 e. The molecule has 7 heteroatoms. The van der Waals surface area contributed by atoms with Crippen LogP contribution < -0.4 is 15.8 Å². The number of nitrogens with two attached hydrogens (primary N) is 1. The van der Waals surface area contributed by atoms with Crippen molar-refractivity contribution in [2.45, 2.75) is 26.5 Å². The minimum absolute atomic E-state index is 0.0163. The van der Waals surface area contributed by atoms with Gasteiger partial charge in [0.1, 0.15) is 12.0 Å². The maximum atomic E-state index is 5.93. The van der Waals surface area contributed by atoms with Crippen molar-refractivity contribution in [1.82, 2.24) is 19.9 Å². The van der Waals surface area contributed by atoms with Crippen molar-refractivity contribution in [1.29, 1.82) is 0 Å². The van der Waals surface area contributed by atoms with E-state index in [-0.39, 0.29) is 6.10 Å². The largest absolute Gasteiger partial charge is 0.473 e. The van der Waals surface area contributed by atoms with Crippen molar-refractivity contribution in [3.63, 3.8) is 0 Å². The highest BCUT2D eigenvalue weighted by Crippen LogP contribution is 2.25. The van der Waals surface area contributed by atoms with Crippen LogP contribution in [0, 0.1) is 0 Å². The molecule has 0 radical (unpaired) electrons. The van der Waals surface area contributed by atoms with Crippen molar-refractivity contribution >= 4 is 11.5 Å². The van der Waals surface area contributed by atoms with E-state index in [2.05, 4.69) is 25.3 Å². The maximum Gasteiger partial charge on any atom is 0.242 e. The monoisotopic (exact) mass is 248 g/mol. The summed E-state index contributed by atoms with van der Waals surface area (Å²) in [6.45, 7) is 4.39. The number of rotatable bonds is 5. The van der Waals surface area contributed by atoms with Crippen molar-refractivity contribution in [2.75, 3.05) is 11.1 Å². The summed E-state index contributed by atoms with van der Waals surface area (Å²) >= 11 is 0. The summed E-state index contributed by atoms with van der Waals surface area (Å²) in [7, 11) is 0. The van der Waals surface area contributed by atoms with Gasteiger partial charge in [-0.1, -0.05) is 0 Å². The SMILES string of the molecule is CC(C)Oc1ncnc(NCc2cnc[nH]2)c1N. The molecule has 0 bridgehead atoms. The molecule has 2 rings (SSSR count). The van der Waals surface area contributed by atoms with Crippen LogP contribution in [0.4, 0.5) is 11.5 Å². The molecule has 0 aliphatic carbocycles. The van der Waals surface area contributed by atoms with E-state index in [0.717, 1.165) is 5.69 Å². The Morgan fingerprint density at radius 3 is 2.94 bits per heavy atom. The molecule has 0 spiro atoms. The van der Waals surface area contributed by atoms with Gasteiger partial charge < -0.3 is 20.8 Å². The molecule has 4 N–H and O–H groups in total. The number of H-pyrrole nitrogens is 1. The Morgan fingerprint density at radius 2 is 2.28 bits per heavy atom. The number of ether oxygens (including phenoxy) is 1. The lowest BCUT2D eigenvalue weighted by Gasteiger charge is -2.13. The first-order valence-corrected chi connectivity index (χ1v) is 5.65. The first kappa shape index (κ1) is 12.2. The quantitative estimate of drug-likeness (QED) is 0.734. The molecular formula is C11H16N6O. The number of hydrogen-bond donors (Lipinski definition) is 3. The van der Waals surface area contributed by atoms with Gasteiger partial charge in [0.2, 0.25) is 5.88 Å². The average Bonchev–Trinajstić information content (AvgIpc) is 2.83. The van der Waals surface area contributed by atoms with Gasteiger partial charge in [0.05, 0.1) is 24.7 Å². The predicted molar refractivity (Wildman–Crippen MR) is 68.1 cm³/mol. The highest BCUT2D eigenvalue weighted by Gasteiger charge is 2.10. The molecule has 0 atom stereocenters. The second-order valence-corrected chi connectivity index (χ2v) is 4.04. The molecule has 0 aliphatic rings. The van der Waals surface area contributed by atoms with Crippen LogP contribution in [0.15, 0.2) is 18.9 Å². The van der Waals surface area contributed by atoms with Crippen LogP contribution >= 0.6 is 0 Å². The number of nitrogens with zero attached hydrogens (tertiary/aromatic N) is 3. The first-order chi connectivity index (χ1) is 8.66. The third-order valence-corrected chi connectivity index (χ3v) is 2.20. The van der Waals surface area contributed by atoms with Crippen molar-refractivity contribution in [3.05, 3.63) is 24.5 Å². The standard InChI is InChI=1S/C11H16N6O/c1-7(2)18-11-9(12)10(16-6-17-11)14-4-8-3-13-5-15-8/h3,5-7H,4,12H2,1-2H3,(H,13,15)(H,14,16,17). The zero-order chi connectivity index (χ0) is 13.0. The summed E-state index contributed by atoms with van der Waals surface area (Å²) in [5.41, 5.74) is 7.28. The van der Waals surface area contributed by atoms with E-state index in [0.29, 0.717) is 23.9 Å². The molecule has 0 saturated carbocycles. The van der Waals surface area contributed by atoms with E-state index in [4.69, 9.17) is 10.5 Å². The molecule has 0 saturated heterocycles. The lowest BCUT2D eigenvalue weighted by atomic mass is 10.4. The van der Waals surface area contributed by atoms with Gasteiger partial charge in [0.25, 0.3) is 0 Å². The fourth-order valence-corrected chi connectivity index (χ4v) is 1.40. The maximum absolute atomic E-state index is 5.93. The molecule has 0 unspecified atom stereocenters. The highest BCUT2D eigenvalue weighted by atomic mass is 16.5. The molecule has 2 heterocycles. The first-order valence-electron chi connectivity index (χ1n) is 5.65. The molecule has 96 valence electrons. The predicted octanol–water partition coefficient (Wildman–Crippen LogP) is 1.18. The summed E-state index contributed by atoms with van der Waals surface area (Å²) < 4.78 is 5.49. The van der Waals surface area contributed by atoms with E-state index in [1.165, 1.54) is 6.33 Å². The van der Waals surface area contributed by atoms with Crippen molar-refractivity contribution in [2.24, 2.45) is 0 Å². The molecule has 0 aromatic carbocycles. The topological polar surface area (TPSA) is 102 Å². The minimum Gasteiger partial charge on any atom is -0.473 e. The van der Waals surface area contributed by atoms with E-state index in [1.54, 1.807) is 12.5 Å². The van der Waals surface area contributed by atoms with Gasteiger partial charge in [-0.2, -0.15) is 4.98 Å². The second-order valence-electron chi connectivity index (χ2n) is 4.04. The fourth-order valence-electron chi connectivity index (χ4n) is 1.40. The molecular weight excluding hydrogens is 232 g/mol. The van der Waals surface area contributed by atoms with E-state index in [1.807, 2.05) is 13.8 Å². The zero-order valence-corrected chi connectivity index (χ0v) is 10.3. The van der Waals surface area contributed by atoms with Gasteiger partial charge in [0, 0.05) is 6.20 Å². The van der Waals surface area contributed by atoms with E-state index in [9.17, 15) is 0 Å². The summed E-state index contributed by atoms with van der Waals surface area (Å²) in [6.07, 6.45) is 4.79. The Bertz CT molecular complexity index is 496. The Balaban J connectivity index is 2.08. The minimum atomic E-state index is 0.0163. The molecule has 2 aromatic rings. The lowest BCUT2D eigenvalue weighted by Crippen LogP contribution is -2.12. The van der Waals surface area contributed by atoms with Crippen LogP contribution in [0.2, 0.25) is 0 Å². The van der Waals surface area contributed by atoms with E-state index >= 15 is 0 Å². The Labute approximate surface area is 105 Å². The van der Waals surface area contributed by atoms with Crippen molar-refractivity contribution in [3.8, 4) is 5.88 Å². The number of aromatic amines is 1. The van der Waals surface area contributed by atoms with Gasteiger partial charge in [0.15, 0.2) is 5.82 Å². The van der Waals surface area contributed by atoms with E-state index < -0.39 is 0 Å². The number of imidazole rings is 1. The molecule has 0 amide bonds. The van der Waals surface area contributed by atoms with Crippen LogP contribution in [0.1, 0.15) is 19.5 Å². The molecule has 7 nitrogen and oxygen atoms in total. The van der Waals surface area contributed by atoms with Crippen LogP contribution in [-0.2, 0) is 6.54 Å². The van der Waals surface area contributed by atoms with Crippen LogP contribution in [0.5, 0.6) is 5.88 Å². The van der Waals surface area contributed by atoms with Crippen molar-refractivity contribution < 1.29 is 4.74 Å². The van der Waals surface area contributed by atoms with Crippen LogP contribution in [-0.4, -0.2) is 26.0 Å². The zero-order valence-electron chi connectivity index (χ0n) is 10.3. The summed E-state index contributed by atoms with van der Waals surface area (Å²) in [4.78, 5) is 15.0. The number of hydrogen-bond acceptors (Lipinski definition) is 6. The third-order valence-electron chi connectivity index (χ3n) is 2.20. The van der Waals surface area contributed by atoms with Gasteiger partial charge >= 0.3 is 0 Å². The fraction of sp³-hybridized carbons (Fsp3) is 0.364. The Morgan fingerprint density at radius 1 is 1.44 bits per heavy atom. The number of nitrogens with one attached hydrogen (secondary N) is 2. The third kappa shape index (κ3) is 2.88. The van der Waals surface area contributed by atoms with Gasteiger partial charge in [-0.15, -0.1) is 0 Å². The molecule has 0 fully saturated rings. The lowest BCUT2D eigenvalue weighted by molar-refractivity contribution is 0.234. The van der Waals surface area contributed by atoms with Gasteiger partial charge in [-0.25, -0.2) is 9.97 Å². The normalized spacial score (nSPS) is 10.6. The van der Waals surface area contributed by atoms with Crippen LogP contribution in [0.25, 0.3) is 0 Å². The molecule has 18 heavy (non-hydrogen) atoms. The van der Waals surface area contributed by atoms with Gasteiger partial charge in [-0.3, -0.25) is 0 Å². The number of nitrogen functional groups attached to an aromatic ring is 1.